The average Bonchev–Trinajstić information content (AvgIpc) is 2.37. The summed E-state index contributed by atoms with van der Waals surface area (Å²) in [4.78, 5) is 27.3. The summed E-state index contributed by atoms with van der Waals surface area (Å²) in [7, 11) is 0. The first-order chi connectivity index (χ1) is 9.67. The number of hydrogen-bond donors (Lipinski definition) is 1. The minimum absolute atomic E-state index is 0.0716. The van der Waals surface area contributed by atoms with Crippen molar-refractivity contribution >= 4 is 12.1 Å². The van der Waals surface area contributed by atoms with Gasteiger partial charge in [-0.2, -0.15) is 0 Å². The van der Waals surface area contributed by atoms with E-state index in [-0.39, 0.29) is 12.6 Å². The van der Waals surface area contributed by atoms with Gasteiger partial charge in [-0.3, -0.25) is 9.69 Å². The number of ether oxygens (including phenoxy) is 1. The standard InChI is InChI=1S/C15H28N2O4/c1-6-16(7-2)12-8-11(13(18)19)9-17(10-12)14(20)21-15(3,4)5/h11-12H,6-10H2,1-5H3,(H,18,19)/t11-,12-/m1/s1. The summed E-state index contributed by atoms with van der Waals surface area (Å²) in [5.41, 5.74) is -0.571. The number of carboxylic acid groups (broad SMARTS) is 1. The third-order valence-corrected chi connectivity index (χ3v) is 3.76. The Morgan fingerprint density at radius 3 is 2.24 bits per heavy atom. The molecular weight excluding hydrogens is 272 g/mol. The first-order valence-electron chi connectivity index (χ1n) is 7.62. The lowest BCUT2D eigenvalue weighted by molar-refractivity contribution is -0.144. The van der Waals surface area contributed by atoms with Crippen LogP contribution in [0, 0.1) is 5.92 Å². The Bertz CT molecular complexity index is 374. The maximum atomic E-state index is 12.2. The predicted octanol–water partition coefficient (Wildman–Crippen LogP) is 2.04. The van der Waals surface area contributed by atoms with Crippen molar-refractivity contribution in [1.82, 2.24) is 9.80 Å². The first kappa shape index (κ1) is 17.8. The van der Waals surface area contributed by atoms with Gasteiger partial charge in [-0.05, 0) is 40.3 Å². The molecule has 1 aliphatic rings. The highest BCUT2D eigenvalue weighted by Gasteiger charge is 2.37. The molecule has 0 bridgehead atoms. The molecule has 1 saturated heterocycles. The summed E-state index contributed by atoms with van der Waals surface area (Å²) in [5.74, 6) is -1.38. The van der Waals surface area contributed by atoms with Gasteiger partial charge in [0.25, 0.3) is 0 Å². The SMILES string of the molecule is CCN(CC)[C@@H]1C[C@@H](C(=O)O)CN(C(=O)OC(C)(C)C)C1. The quantitative estimate of drug-likeness (QED) is 0.860. The summed E-state index contributed by atoms with van der Waals surface area (Å²) < 4.78 is 5.38. The number of carbonyl (C=O) groups is 2. The summed E-state index contributed by atoms with van der Waals surface area (Å²) in [6.07, 6.45) is 0.154. The van der Waals surface area contributed by atoms with Crippen LogP contribution in [0.2, 0.25) is 0 Å². The zero-order valence-corrected chi connectivity index (χ0v) is 13.8. The fourth-order valence-electron chi connectivity index (χ4n) is 2.73. The fraction of sp³-hybridized carbons (Fsp3) is 0.867. The van der Waals surface area contributed by atoms with Crippen LogP contribution in [0.1, 0.15) is 41.0 Å². The Balaban J connectivity index is 2.83. The number of aliphatic carboxylic acids is 1. The molecule has 1 amide bonds. The molecule has 2 atom stereocenters. The first-order valence-corrected chi connectivity index (χ1v) is 7.62. The Morgan fingerprint density at radius 1 is 1.24 bits per heavy atom. The molecule has 0 aromatic heterocycles. The molecule has 21 heavy (non-hydrogen) atoms. The molecule has 1 fully saturated rings. The Hall–Kier alpha value is -1.30. The zero-order chi connectivity index (χ0) is 16.2. The van der Waals surface area contributed by atoms with Crippen LogP contribution in [0.3, 0.4) is 0 Å². The number of piperidine rings is 1. The Morgan fingerprint density at radius 2 is 1.81 bits per heavy atom. The van der Waals surface area contributed by atoms with Gasteiger partial charge in [-0.1, -0.05) is 13.8 Å². The number of likely N-dealkylation sites (N-methyl/N-ethyl adjacent to an activating group) is 1. The third kappa shape index (κ3) is 5.19. The van der Waals surface area contributed by atoms with Gasteiger partial charge in [0.1, 0.15) is 5.60 Å². The number of nitrogens with zero attached hydrogens (tertiary/aromatic N) is 2. The second-order valence-electron chi connectivity index (χ2n) is 6.53. The molecule has 6 heteroatoms. The van der Waals surface area contributed by atoms with Gasteiger partial charge in [0.05, 0.1) is 5.92 Å². The summed E-state index contributed by atoms with van der Waals surface area (Å²) in [5, 5.41) is 9.32. The molecule has 1 heterocycles. The number of carboxylic acids is 1. The van der Waals surface area contributed by atoms with E-state index in [4.69, 9.17) is 4.74 Å². The molecule has 0 aromatic rings. The van der Waals surface area contributed by atoms with Gasteiger partial charge in [0.15, 0.2) is 0 Å². The van der Waals surface area contributed by atoms with Crippen LogP contribution in [0.25, 0.3) is 0 Å². The topological polar surface area (TPSA) is 70.1 Å². The van der Waals surface area contributed by atoms with Crippen LogP contribution >= 0.6 is 0 Å². The average molecular weight is 300 g/mol. The molecule has 0 unspecified atom stereocenters. The van der Waals surface area contributed by atoms with Crippen molar-refractivity contribution in [1.29, 1.82) is 0 Å². The molecule has 122 valence electrons. The smallest absolute Gasteiger partial charge is 0.410 e. The molecular formula is C15H28N2O4. The largest absolute Gasteiger partial charge is 0.481 e. The minimum Gasteiger partial charge on any atom is -0.481 e. The lowest BCUT2D eigenvalue weighted by Gasteiger charge is -2.41. The van der Waals surface area contributed by atoms with Crippen LogP contribution < -0.4 is 0 Å². The van der Waals surface area contributed by atoms with Crippen molar-refractivity contribution in [3.8, 4) is 0 Å². The van der Waals surface area contributed by atoms with E-state index in [2.05, 4.69) is 4.90 Å². The van der Waals surface area contributed by atoms with Crippen LogP contribution in [0.4, 0.5) is 4.79 Å². The number of carbonyl (C=O) groups excluding carboxylic acids is 1. The molecule has 1 N–H and O–H groups in total. The van der Waals surface area contributed by atoms with Crippen LogP contribution in [-0.2, 0) is 9.53 Å². The van der Waals surface area contributed by atoms with Crippen molar-refractivity contribution < 1.29 is 19.4 Å². The number of amides is 1. The van der Waals surface area contributed by atoms with Crippen molar-refractivity contribution in [2.24, 2.45) is 5.92 Å². The zero-order valence-electron chi connectivity index (χ0n) is 13.8. The van der Waals surface area contributed by atoms with Gasteiger partial charge < -0.3 is 14.7 Å². The minimum atomic E-state index is -0.847. The summed E-state index contributed by atoms with van der Waals surface area (Å²) in [6.45, 7) is 12.0. The Kier molecular flexibility index (Phi) is 6.01. The Labute approximate surface area is 127 Å². The normalized spacial score (nSPS) is 23.2. The molecule has 0 aromatic carbocycles. The number of likely N-dealkylation sites (tertiary alicyclic amines) is 1. The van der Waals surface area contributed by atoms with Crippen LogP contribution in [0.5, 0.6) is 0 Å². The number of rotatable bonds is 4. The maximum Gasteiger partial charge on any atom is 0.410 e. The predicted molar refractivity (Wildman–Crippen MR) is 80.3 cm³/mol. The lowest BCUT2D eigenvalue weighted by Crippen LogP contribution is -2.54. The molecule has 0 spiro atoms. The molecule has 6 nitrogen and oxygen atoms in total. The number of hydrogen-bond acceptors (Lipinski definition) is 4. The molecule has 1 rings (SSSR count). The highest BCUT2D eigenvalue weighted by molar-refractivity contribution is 5.73. The van der Waals surface area contributed by atoms with E-state index in [1.165, 1.54) is 4.90 Å². The monoisotopic (exact) mass is 300 g/mol. The molecule has 0 saturated carbocycles. The molecule has 0 radical (unpaired) electrons. The third-order valence-electron chi connectivity index (χ3n) is 3.76. The van der Waals surface area contributed by atoms with E-state index in [9.17, 15) is 14.7 Å². The second-order valence-corrected chi connectivity index (χ2v) is 6.53. The van der Waals surface area contributed by atoms with Crippen molar-refractivity contribution in [2.75, 3.05) is 26.2 Å². The molecule has 0 aliphatic carbocycles. The second kappa shape index (κ2) is 7.11. The lowest BCUT2D eigenvalue weighted by atomic mass is 9.93. The maximum absolute atomic E-state index is 12.2. The van der Waals surface area contributed by atoms with Crippen LogP contribution in [-0.4, -0.2) is 64.8 Å². The van der Waals surface area contributed by atoms with E-state index in [0.717, 1.165) is 13.1 Å². The van der Waals surface area contributed by atoms with Crippen LogP contribution in [0.15, 0.2) is 0 Å². The van der Waals surface area contributed by atoms with Crippen molar-refractivity contribution in [2.45, 2.75) is 52.7 Å². The highest BCUT2D eigenvalue weighted by atomic mass is 16.6. The summed E-state index contributed by atoms with van der Waals surface area (Å²) >= 11 is 0. The van der Waals surface area contributed by atoms with Gasteiger partial charge in [0.2, 0.25) is 0 Å². The fourth-order valence-corrected chi connectivity index (χ4v) is 2.73. The van der Waals surface area contributed by atoms with E-state index in [1.54, 1.807) is 0 Å². The van der Waals surface area contributed by atoms with Crippen molar-refractivity contribution in [3.05, 3.63) is 0 Å². The van der Waals surface area contributed by atoms with Gasteiger partial charge in [0, 0.05) is 19.1 Å². The highest BCUT2D eigenvalue weighted by Crippen LogP contribution is 2.23. The van der Waals surface area contributed by atoms with Crippen molar-refractivity contribution in [3.63, 3.8) is 0 Å². The van der Waals surface area contributed by atoms with E-state index >= 15 is 0 Å². The van der Waals surface area contributed by atoms with Gasteiger partial charge >= 0.3 is 12.1 Å². The summed E-state index contributed by atoms with van der Waals surface area (Å²) in [6, 6.07) is 0.0716. The van der Waals surface area contributed by atoms with Gasteiger partial charge in [-0.25, -0.2) is 4.79 Å². The van der Waals surface area contributed by atoms with Gasteiger partial charge in [-0.15, -0.1) is 0 Å². The van der Waals surface area contributed by atoms with E-state index in [1.807, 2.05) is 34.6 Å². The van der Waals surface area contributed by atoms with E-state index < -0.39 is 23.6 Å². The molecule has 1 aliphatic heterocycles. The van der Waals surface area contributed by atoms with E-state index in [0.29, 0.717) is 13.0 Å².